The molecule has 1 unspecified atom stereocenters. The summed E-state index contributed by atoms with van der Waals surface area (Å²) >= 11 is 1.41. The maximum absolute atomic E-state index is 5.94. The van der Waals surface area contributed by atoms with Crippen LogP contribution >= 0.6 is 11.5 Å². The van der Waals surface area contributed by atoms with Crippen LogP contribution in [0.3, 0.4) is 0 Å². The fourth-order valence-corrected chi connectivity index (χ4v) is 3.35. The number of methoxy groups -OCH3 is 1. The number of anilines is 1. The fourth-order valence-electron chi connectivity index (χ4n) is 2.72. The van der Waals surface area contributed by atoms with Crippen molar-refractivity contribution in [1.29, 1.82) is 0 Å². The Kier molecular flexibility index (Phi) is 6.69. The van der Waals surface area contributed by atoms with Gasteiger partial charge in [-0.3, -0.25) is 0 Å². The van der Waals surface area contributed by atoms with E-state index in [1.54, 1.807) is 7.11 Å². The van der Waals surface area contributed by atoms with E-state index in [2.05, 4.69) is 14.7 Å². The first-order valence-electron chi connectivity index (χ1n) is 7.53. The minimum absolute atomic E-state index is 0.0644. The van der Waals surface area contributed by atoms with Crippen molar-refractivity contribution in [1.82, 2.24) is 9.36 Å². The summed E-state index contributed by atoms with van der Waals surface area (Å²) in [6, 6.07) is 0. The Balaban J connectivity index is 1.97. The van der Waals surface area contributed by atoms with Gasteiger partial charge in [-0.25, -0.2) is 4.98 Å². The van der Waals surface area contributed by atoms with Gasteiger partial charge in [0.05, 0.1) is 6.61 Å². The van der Waals surface area contributed by atoms with Crippen LogP contribution in [0.4, 0.5) is 5.13 Å². The van der Waals surface area contributed by atoms with E-state index in [4.69, 9.17) is 9.47 Å². The van der Waals surface area contributed by atoms with Crippen molar-refractivity contribution >= 4 is 16.7 Å². The number of hydrogen-bond acceptors (Lipinski definition) is 6. The molecule has 1 saturated carbocycles. The van der Waals surface area contributed by atoms with E-state index in [0.717, 1.165) is 17.5 Å². The van der Waals surface area contributed by atoms with Crippen LogP contribution in [0.2, 0.25) is 0 Å². The molecule has 0 amide bonds. The van der Waals surface area contributed by atoms with E-state index in [1.165, 1.54) is 43.6 Å². The van der Waals surface area contributed by atoms with Crippen molar-refractivity contribution in [2.45, 2.75) is 45.1 Å². The Hall–Kier alpha value is -0.720. The highest BCUT2D eigenvalue weighted by Gasteiger charge is 2.28. The third kappa shape index (κ3) is 4.40. The van der Waals surface area contributed by atoms with E-state index in [0.29, 0.717) is 19.1 Å². The van der Waals surface area contributed by atoms with Gasteiger partial charge in [-0.2, -0.15) is 4.37 Å². The molecule has 114 valence electrons. The van der Waals surface area contributed by atoms with E-state index >= 15 is 0 Å². The van der Waals surface area contributed by atoms with Gasteiger partial charge in [0.25, 0.3) is 0 Å². The second-order valence-corrected chi connectivity index (χ2v) is 5.90. The molecule has 5 nitrogen and oxygen atoms in total. The molecule has 0 bridgehead atoms. The van der Waals surface area contributed by atoms with E-state index in [1.807, 2.05) is 6.92 Å². The number of hydrogen-bond donors (Lipinski definition) is 1. The van der Waals surface area contributed by atoms with Crippen molar-refractivity contribution in [3.63, 3.8) is 0 Å². The molecule has 0 aromatic carbocycles. The lowest BCUT2D eigenvalue weighted by Crippen LogP contribution is -2.20. The normalized spacial score (nSPS) is 18.1. The molecule has 20 heavy (non-hydrogen) atoms. The van der Waals surface area contributed by atoms with Gasteiger partial charge >= 0.3 is 0 Å². The molecule has 1 fully saturated rings. The first-order valence-corrected chi connectivity index (χ1v) is 8.30. The van der Waals surface area contributed by atoms with Crippen LogP contribution in [0.15, 0.2) is 0 Å². The van der Waals surface area contributed by atoms with Gasteiger partial charge in [-0.1, -0.05) is 19.3 Å². The van der Waals surface area contributed by atoms with Gasteiger partial charge in [0.2, 0.25) is 5.13 Å². The predicted molar refractivity (Wildman–Crippen MR) is 81.2 cm³/mol. The third-order valence-corrected chi connectivity index (χ3v) is 4.39. The Bertz CT molecular complexity index is 380. The van der Waals surface area contributed by atoms with Gasteiger partial charge in [-0.05, 0) is 25.7 Å². The van der Waals surface area contributed by atoms with Gasteiger partial charge in [-0.15, -0.1) is 0 Å². The smallest absolute Gasteiger partial charge is 0.202 e. The summed E-state index contributed by atoms with van der Waals surface area (Å²) < 4.78 is 15.4. The third-order valence-electron chi connectivity index (χ3n) is 3.70. The lowest BCUT2D eigenvalue weighted by Gasteiger charge is -2.28. The van der Waals surface area contributed by atoms with Gasteiger partial charge in [0, 0.05) is 31.8 Å². The molecule has 2 rings (SSSR count). The highest BCUT2D eigenvalue weighted by atomic mass is 32.1. The predicted octanol–water partition coefficient (Wildman–Crippen LogP) is 3.25. The molecule has 1 aromatic heterocycles. The molecule has 6 heteroatoms. The largest absolute Gasteiger partial charge is 0.383 e. The number of nitrogens with zero attached hydrogens (tertiary/aromatic N) is 2. The molecule has 1 aliphatic rings. The molecular formula is C14H25N3O2S. The molecule has 1 N–H and O–H groups in total. The van der Waals surface area contributed by atoms with Crippen LogP contribution in [0.1, 0.15) is 51.0 Å². The fraction of sp³-hybridized carbons (Fsp3) is 0.857. The highest BCUT2D eigenvalue weighted by molar-refractivity contribution is 7.09. The Morgan fingerprint density at radius 1 is 1.35 bits per heavy atom. The number of nitrogens with one attached hydrogen (secondary N) is 1. The maximum atomic E-state index is 5.94. The van der Waals surface area contributed by atoms with Crippen LogP contribution in [0, 0.1) is 5.92 Å². The molecule has 1 atom stereocenters. The second-order valence-electron chi connectivity index (χ2n) is 5.15. The molecular weight excluding hydrogens is 274 g/mol. The molecule has 0 saturated heterocycles. The van der Waals surface area contributed by atoms with Gasteiger partial charge in [0.15, 0.2) is 5.82 Å². The molecule has 1 heterocycles. The summed E-state index contributed by atoms with van der Waals surface area (Å²) in [7, 11) is 1.70. The minimum atomic E-state index is 0.0644. The van der Waals surface area contributed by atoms with Crippen molar-refractivity contribution in [2.24, 2.45) is 5.92 Å². The zero-order valence-corrected chi connectivity index (χ0v) is 13.2. The topological polar surface area (TPSA) is 56.3 Å². The van der Waals surface area contributed by atoms with Crippen molar-refractivity contribution in [2.75, 3.05) is 32.2 Å². The molecule has 0 radical (unpaired) electrons. The molecule has 0 spiro atoms. The van der Waals surface area contributed by atoms with Gasteiger partial charge in [0.1, 0.15) is 6.10 Å². The summed E-state index contributed by atoms with van der Waals surface area (Å²) in [6.45, 7) is 4.19. The van der Waals surface area contributed by atoms with E-state index in [9.17, 15) is 0 Å². The number of rotatable bonds is 8. The van der Waals surface area contributed by atoms with Crippen molar-refractivity contribution in [3.05, 3.63) is 5.82 Å². The number of ether oxygens (including phenoxy) is 2. The summed E-state index contributed by atoms with van der Waals surface area (Å²) in [5.41, 5.74) is 0. The first kappa shape index (κ1) is 15.7. The SMILES string of the molecule is CCOC(c1nsc(NCCOC)n1)C1CCCCC1. The Labute approximate surface area is 125 Å². The Morgan fingerprint density at radius 3 is 2.85 bits per heavy atom. The highest BCUT2D eigenvalue weighted by Crippen LogP contribution is 2.36. The van der Waals surface area contributed by atoms with Crippen molar-refractivity contribution in [3.8, 4) is 0 Å². The van der Waals surface area contributed by atoms with E-state index in [-0.39, 0.29) is 6.10 Å². The molecule has 1 aromatic rings. The van der Waals surface area contributed by atoms with Crippen LogP contribution in [-0.2, 0) is 9.47 Å². The lowest BCUT2D eigenvalue weighted by molar-refractivity contribution is 0.000641. The zero-order chi connectivity index (χ0) is 14.2. The molecule has 0 aliphatic heterocycles. The summed E-state index contributed by atoms with van der Waals surface area (Å²) in [4.78, 5) is 4.59. The quantitative estimate of drug-likeness (QED) is 0.747. The van der Waals surface area contributed by atoms with Gasteiger partial charge < -0.3 is 14.8 Å². The minimum Gasteiger partial charge on any atom is -0.383 e. The number of aromatic nitrogens is 2. The average Bonchev–Trinajstić information content (AvgIpc) is 2.94. The van der Waals surface area contributed by atoms with Crippen molar-refractivity contribution < 1.29 is 9.47 Å². The second kappa shape index (κ2) is 8.54. The van der Waals surface area contributed by atoms with Crippen LogP contribution < -0.4 is 5.32 Å². The summed E-state index contributed by atoms with van der Waals surface area (Å²) in [6.07, 6.45) is 6.49. The maximum Gasteiger partial charge on any atom is 0.202 e. The van der Waals surface area contributed by atoms with Crippen LogP contribution in [0.25, 0.3) is 0 Å². The first-order chi connectivity index (χ1) is 9.85. The van der Waals surface area contributed by atoms with Crippen LogP contribution in [0.5, 0.6) is 0 Å². The van der Waals surface area contributed by atoms with Crippen LogP contribution in [-0.4, -0.2) is 36.2 Å². The summed E-state index contributed by atoms with van der Waals surface area (Å²) in [5.74, 6) is 1.42. The average molecular weight is 299 g/mol. The monoisotopic (exact) mass is 299 g/mol. The molecule has 1 aliphatic carbocycles. The van der Waals surface area contributed by atoms with E-state index < -0.39 is 0 Å². The Morgan fingerprint density at radius 2 is 2.15 bits per heavy atom. The standard InChI is InChI=1S/C14H25N3O2S/c1-3-19-12(11-7-5-4-6-8-11)13-16-14(20-17-13)15-9-10-18-2/h11-12H,3-10H2,1-2H3,(H,15,16,17). The summed E-state index contributed by atoms with van der Waals surface area (Å²) in [5, 5.41) is 4.09. The lowest BCUT2D eigenvalue weighted by atomic mass is 9.85. The zero-order valence-electron chi connectivity index (χ0n) is 12.4.